The van der Waals surface area contributed by atoms with Crippen LogP contribution in [-0.4, -0.2) is 31.0 Å². The average Bonchev–Trinajstić information content (AvgIpc) is 2.62. The number of hydrogen-bond acceptors (Lipinski definition) is 3. The first kappa shape index (κ1) is 19.9. The largest absolute Gasteiger partial charge is 0.479 e. The maximum Gasteiger partial charge on any atom is 0.260 e. The number of benzene rings is 1. The molecule has 7 heteroatoms. The molecule has 2 amide bonds. The zero-order valence-electron chi connectivity index (χ0n) is 14.3. The molecule has 25 heavy (non-hydrogen) atoms. The third-order valence-corrected chi connectivity index (χ3v) is 5.09. The van der Waals surface area contributed by atoms with Gasteiger partial charge >= 0.3 is 0 Å². The van der Waals surface area contributed by atoms with Crippen LogP contribution >= 0.6 is 23.2 Å². The van der Waals surface area contributed by atoms with E-state index in [2.05, 4.69) is 10.6 Å². The van der Waals surface area contributed by atoms with Crippen LogP contribution in [-0.2, 0) is 9.59 Å². The van der Waals surface area contributed by atoms with Crippen molar-refractivity contribution in [2.24, 2.45) is 5.92 Å². The molecule has 2 rings (SSSR count). The predicted octanol–water partition coefficient (Wildman–Crippen LogP) is 3.57. The van der Waals surface area contributed by atoms with Crippen molar-refractivity contribution in [1.29, 1.82) is 0 Å². The molecule has 1 atom stereocenters. The Hall–Kier alpha value is -1.46. The molecule has 0 saturated heterocycles. The lowest BCUT2D eigenvalue weighted by molar-refractivity contribution is -0.128. The molecule has 1 aromatic rings. The molecule has 0 spiro atoms. The first-order chi connectivity index (χ1) is 12.0. The Morgan fingerprint density at radius 1 is 1.16 bits per heavy atom. The monoisotopic (exact) mass is 386 g/mol. The second-order valence-electron chi connectivity index (χ2n) is 6.23. The number of hydrogen-bond donors (Lipinski definition) is 2. The molecule has 0 bridgehead atoms. The first-order valence-corrected chi connectivity index (χ1v) is 9.40. The number of nitrogens with one attached hydrogen (secondary N) is 2. The Morgan fingerprint density at radius 2 is 1.84 bits per heavy atom. The predicted molar refractivity (Wildman–Crippen MR) is 99.1 cm³/mol. The summed E-state index contributed by atoms with van der Waals surface area (Å²) in [6.45, 7) is 2.40. The summed E-state index contributed by atoms with van der Waals surface area (Å²) in [7, 11) is 0. The Bertz CT molecular complexity index is 604. The lowest BCUT2D eigenvalue weighted by Gasteiger charge is -2.21. The van der Waals surface area contributed by atoms with Crippen LogP contribution in [0.1, 0.15) is 39.0 Å². The van der Waals surface area contributed by atoms with Gasteiger partial charge in [-0.25, -0.2) is 0 Å². The molecule has 5 nitrogen and oxygen atoms in total. The molecular formula is C18H24Cl2N2O3. The summed E-state index contributed by atoms with van der Waals surface area (Å²) in [6.07, 6.45) is 4.66. The van der Waals surface area contributed by atoms with Gasteiger partial charge in [0.15, 0.2) is 6.10 Å². The topological polar surface area (TPSA) is 67.4 Å². The summed E-state index contributed by atoms with van der Waals surface area (Å²) in [5.74, 6) is 0.297. The van der Waals surface area contributed by atoms with Crippen LogP contribution in [0.3, 0.4) is 0 Å². The first-order valence-electron chi connectivity index (χ1n) is 8.65. The van der Waals surface area contributed by atoms with Gasteiger partial charge in [0.25, 0.3) is 5.91 Å². The summed E-state index contributed by atoms with van der Waals surface area (Å²) in [5.41, 5.74) is 0. The van der Waals surface area contributed by atoms with Crippen molar-refractivity contribution in [2.75, 3.05) is 13.1 Å². The second kappa shape index (κ2) is 9.88. The lowest BCUT2D eigenvalue weighted by atomic mass is 9.89. The van der Waals surface area contributed by atoms with Gasteiger partial charge in [-0.2, -0.15) is 0 Å². The van der Waals surface area contributed by atoms with E-state index in [-0.39, 0.29) is 22.8 Å². The summed E-state index contributed by atoms with van der Waals surface area (Å²) in [5, 5.41) is 6.27. The maximum absolute atomic E-state index is 12.1. The Morgan fingerprint density at radius 3 is 2.56 bits per heavy atom. The summed E-state index contributed by atoms with van der Waals surface area (Å²) >= 11 is 12.0. The number of rotatable bonds is 7. The van der Waals surface area contributed by atoms with E-state index < -0.39 is 6.10 Å². The Kier molecular flexibility index (Phi) is 7.85. The minimum atomic E-state index is -0.718. The third-order valence-electron chi connectivity index (χ3n) is 4.29. The van der Waals surface area contributed by atoms with Gasteiger partial charge in [-0.3, -0.25) is 9.59 Å². The second-order valence-corrected chi connectivity index (χ2v) is 7.01. The fraction of sp³-hybridized carbons (Fsp3) is 0.556. The maximum atomic E-state index is 12.1. The van der Waals surface area contributed by atoms with E-state index in [1.54, 1.807) is 25.1 Å². The molecular weight excluding hydrogens is 363 g/mol. The van der Waals surface area contributed by atoms with Gasteiger partial charge in [-0.1, -0.05) is 48.5 Å². The van der Waals surface area contributed by atoms with E-state index in [9.17, 15) is 9.59 Å². The highest BCUT2D eigenvalue weighted by Crippen LogP contribution is 2.32. The van der Waals surface area contributed by atoms with Gasteiger partial charge in [-0.15, -0.1) is 0 Å². The van der Waals surface area contributed by atoms with Crippen molar-refractivity contribution >= 4 is 35.0 Å². The van der Waals surface area contributed by atoms with Crippen molar-refractivity contribution in [1.82, 2.24) is 10.6 Å². The normalized spacial score (nSPS) is 16.1. The lowest BCUT2D eigenvalue weighted by Crippen LogP contribution is -2.42. The molecule has 1 unspecified atom stereocenters. The molecule has 0 radical (unpaired) electrons. The highest BCUT2D eigenvalue weighted by atomic mass is 35.5. The van der Waals surface area contributed by atoms with Crippen LogP contribution in [0.25, 0.3) is 0 Å². The highest BCUT2D eigenvalue weighted by molar-refractivity contribution is 6.42. The number of halogens is 2. The molecule has 0 aromatic heterocycles. The Labute approximate surface area is 158 Å². The fourth-order valence-corrected chi connectivity index (χ4v) is 3.18. The SMILES string of the molecule is CC(Oc1cccc(Cl)c1Cl)C(=O)NCCNC(=O)C1CCCCC1. The van der Waals surface area contributed by atoms with Gasteiger partial charge < -0.3 is 15.4 Å². The average molecular weight is 387 g/mol. The van der Waals surface area contributed by atoms with Crippen molar-refractivity contribution < 1.29 is 14.3 Å². The number of amides is 2. The van der Waals surface area contributed by atoms with E-state index in [1.165, 1.54) is 6.42 Å². The van der Waals surface area contributed by atoms with Gasteiger partial charge in [0.05, 0.1) is 5.02 Å². The smallest absolute Gasteiger partial charge is 0.260 e. The van der Waals surface area contributed by atoms with Crippen LogP contribution in [0.2, 0.25) is 10.0 Å². The van der Waals surface area contributed by atoms with Crippen molar-refractivity contribution in [3.63, 3.8) is 0 Å². The number of carbonyl (C=O) groups is 2. The standard InChI is InChI=1S/C18H24Cl2N2O3/c1-12(25-15-9-5-8-14(19)16(15)20)17(23)21-10-11-22-18(24)13-6-3-2-4-7-13/h5,8-9,12-13H,2-4,6-7,10-11H2,1H3,(H,21,23)(H,22,24). The summed E-state index contributed by atoms with van der Waals surface area (Å²) < 4.78 is 5.55. The third kappa shape index (κ3) is 6.08. The summed E-state index contributed by atoms with van der Waals surface area (Å²) in [4.78, 5) is 24.1. The molecule has 1 fully saturated rings. The molecule has 1 saturated carbocycles. The molecule has 138 valence electrons. The summed E-state index contributed by atoms with van der Waals surface area (Å²) in [6, 6.07) is 5.01. The van der Waals surface area contributed by atoms with Crippen LogP contribution in [0.5, 0.6) is 5.75 Å². The fourth-order valence-electron chi connectivity index (χ4n) is 2.84. The van der Waals surface area contributed by atoms with Crippen molar-refractivity contribution in [3.8, 4) is 5.75 Å². The van der Waals surface area contributed by atoms with Crippen LogP contribution < -0.4 is 15.4 Å². The zero-order valence-corrected chi connectivity index (χ0v) is 15.8. The highest BCUT2D eigenvalue weighted by Gasteiger charge is 2.21. The number of carbonyl (C=O) groups excluding carboxylic acids is 2. The molecule has 1 aliphatic rings. The van der Waals surface area contributed by atoms with Crippen molar-refractivity contribution in [3.05, 3.63) is 28.2 Å². The van der Waals surface area contributed by atoms with E-state index in [1.807, 2.05) is 0 Å². The van der Waals surface area contributed by atoms with E-state index in [0.717, 1.165) is 25.7 Å². The van der Waals surface area contributed by atoms with E-state index in [4.69, 9.17) is 27.9 Å². The van der Waals surface area contributed by atoms with Crippen molar-refractivity contribution in [2.45, 2.75) is 45.1 Å². The van der Waals surface area contributed by atoms with Gasteiger partial charge in [0, 0.05) is 19.0 Å². The van der Waals surface area contributed by atoms with E-state index in [0.29, 0.717) is 23.9 Å². The molecule has 1 aromatic carbocycles. The molecule has 2 N–H and O–H groups in total. The Balaban J connectivity index is 1.69. The minimum absolute atomic E-state index is 0.0870. The quantitative estimate of drug-likeness (QED) is 0.703. The molecule has 0 aliphatic heterocycles. The zero-order chi connectivity index (χ0) is 18.2. The number of ether oxygens (including phenoxy) is 1. The van der Waals surface area contributed by atoms with Crippen LogP contribution in [0, 0.1) is 5.92 Å². The molecule has 0 heterocycles. The van der Waals surface area contributed by atoms with Gasteiger partial charge in [0.2, 0.25) is 5.91 Å². The molecule has 1 aliphatic carbocycles. The minimum Gasteiger partial charge on any atom is -0.479 e. The van der Waals surface area contributed by atoms with E-state index >= 15 is 0 Å². The van der Waals surface area contributed by atoms with Crippen LogP contribution in [0.15, 0.2) is 18.2 Å². The van der Waals surface area contributed by atoms with Gasteiger partial charge in [0.1, 0.15) is 10.8 Å². The van der Waals surface area contributed by atoms with Crippen LogP contribution in [0.4, 0.5) is 0 Å². The van der Waals surface area contributed by atoms with Gasteiger partial charge in [-0.05, 0) is 31.9 Å².